The van der Waals surface area contributed by atoms with E-state index < -0.39 is 12.0 Å². The topological polar surface area (TPSA) is 49.8 Å². The van der Waals surface area contributed by atoms with E-state index in [9.17, 15) is 9.90 Å². The second-order valence-corrected chi connectivity index (χ2v) is 9.64. The van der Waals surface area contributed by atoms with Gasteiger partial charge in [0.1, 0.15) is 18.4 Å². The van der Waals surface area contributed by atoms with Crippen LogP contribution in [-0.2, 0) is 11.4 Å². The molecule has 2 atom stereocenters. The first-order chi connectivity index (χ1) is 16.2. The second kappa shape index (κ2) is 9.77. The Morgan fingerprint density at radius 2 is 1.82 bits per heavy atom. The van der Waals surface area contributed by atoms with Crippen LogP contribution in [0, 0.1) is 0 Å². The molecule has 1 N–H and O–H groups in total. The van der Waals surface area contributed by atoms with E-state index in [0.29, 0.717) is 13.0 Å². The van der Waals surface area contributed by atoms with Crippen LogP contribution in [0.25, 0.3) is 10.1 Å². The first-order valence-electron chi connectivity index (χ1n) is 11.4. The fourth-order valence-corrected chi connectivity index (χ4v) is 5.91. The van der Waals surface area contributed by atoms with E-state index in [1.807, 2.05) is 36.4 Å². The van der Waals surface area contributed by atoms with Crippen LogP contribution in [0.5, 0.6) is 5.75 Å². The van der Waals surface area contributed by atoms with Gasteiger partial charge in [0.2, 0.25) is 0 Å². The lowest BCUT2D eigenvalue weighted by atomic mass is 9.95. The molecular weight excluding hydrogens is 430 g/mol. The van der Waals surface area contributed by atoms with Gasteiger partial charge in [0.05, 0.1) is 6.04 Å². The molecule has 5 rings (SSSR count). The van der Waals surface area contributed by atoms with E-state index >= 15 is 0 Å². The van der Waals surface area contributed by atoms with Crippen molar-refractivity contribution in [2.45, 2.75) is 38.0 Å². The number of ether oxygens (including phenoxy) is 1. The molecule has 1 aliphatic rings. The Morgan fingerprint density at radius 3 is 2.64 bits per heavy atom. The number of carbonyl (C=O) groups is 1. The summed E-state index contributed by atoms with van der Waals surface area (Å²) in [6.45, 7) is 1.27. The lowest BCUT2D eigenvalue weighted by molar-refractivity contribution is -0.145. The summed E-state index contributed by atoms with van der Waals surface area (Å²) < 4.78 is 7.33. The monoisotopic (exact) mass is 457 g/mol. The molecule has 0 aliphatic carbocycles. The molecule has 1 fully saturated rings. The maximum absolute atomic E-state index is 12.2. The highest BCUT2D eigenvalue weighted by molar-refractivity contribution is 7.19. The molecule has 168 valence electrons. The predicted octanol–water partition coefficient (Wildman–Crippen LogP) is 6.51. The minimum atomic E-state index is -0.739. The number of benzene rings is 3. The van der Waals surface area contributed by atoms with E-state index in [4.69, 9.17) is 4.74 Å². The fourth-order valence-electron chi connectivity index (χ4n) is 4.70. The van der Waals surface area contributed by atoms with Crippen molar-refractivity contribution in [3.05, 3.63) is 101 Å². The summed E-state index contributed by atoms with van der Waals surface area (Å²) in [6, 6.07) is 28.2. The number of rotatable bonds is 7. The van der Waals surface area contributed by atoms with Gasteiger partial charge in [-0.1, -0.05) is 67.1 Å². The number of hydrogen-bond acceptors (Lipinski definition) is 4. The van der Waals surface area contributed by atoms with Crippen molar-refractivity contribution < 1.29 is 14.6 Å². The first kappa shape index (κ1) is 21.7. The molecule has 1 aromatic heterocycles. The Morgan fingerprint density at radius 1 is 1.00 bits per heavy atom. The Labute approximate surface area is 198 Å². The van der Waals surface area contributed by atoms with Crippen molar-refractivity contribution in [1.29, 1.82) is 0 Å². The first-order valence-corrected chi connectivity index (χ1v) is 12.2. The zero-order valence-corrected chi connectivity index (χ0v) is 19.2. The Hall–Kier alpha value is -3.15. The number of aliphatic carboxylic acids is 1. The number of thiophene rings is 1. The van der Waals surface area contributed by atoms with Gasteiger partial charge in [0.15, 0.2) is 0 Å². The molecule has 1 aliphatic heterocycles. The second-order valence-electron chi connectivity index (χ2n) is 8.52. The summed E-state index contributed by atoms with van der Waals surface area (Å²) in [5.41, 5.74) is 2.19. The minimum Gasteiger partial charge on any atom is -0.489 e. The Kier molecular flexibility index (Phi) is 6.42. The van der Waals surface area contributed by atoms with Crippen molar-refractivity contribution in [1.82, 2.24) is 4.90 Å². The molecule has 33 heavy (non-hydrogen) atoms. The third-order valence-corrected chi connectivity index (χ3v) is 7.47. The molecule has 3 aromatic carbocycles. The average molecular weight is 458 g/mol. The van der Waals surface area contributed by atoms with Crippen molar-refractivity contribution in [3.63, 3.8) is 0 Å². The highest BCUT2D eigenvalue weighted by atomic mass is 32.1. The van der Waals surface area contributed by atoms with Crippen LogP contribution >= 0.6 is 11.3 Å². The molecule has 4 aromatic rings. The van der Waals surface area contributed by atoms with Crippen LogP contribution in [0.1, 0.15) is 41.3 Å². The quantitative estimate of drug-likeness (QED) is 0.344. The minimum absolute atomic E-state index is 0.121. The molecule has 4 nitrogen and oxygen atoms in total. The van der Waals surface area contributed by atoms with E-state index in [2.05, 4.69) is 53.4 Å². The third kappa shape index (κ3) is 4.80. The van der Waals surface area contributed by atoms with Gasteiger partial charge in [-0.25, -0.2) is 0 Å². The summed E-state index contributed by atoms with van der Waals surface area (Å²) in [5, 5.41) is 11.2. The Bertz CT molecular complexity index is 1200. The maximum atomic E-state index is 12.2. The van der Waals surface area contributed by atoms with Crippen LogP contribution in [-0.4, -0.2) is 28.6 Å². The van der Waals surface area contributed by atoms with Crippen molar-refractivity contribution >= 4 is 27.4 Å². The molecule has 0 spiro atoms. The Balaban J connectivity index is 1.52. The van der Waals surface area contributed by atoms with Crippen molar-refractivity contribution in [3.8, 4) is 5.75 Å². The van der Waals surface area contributed by atoms with Crippen LogP contribution in [0.4, 0.5) is 0 Å². The van der Waals surface area contributed by atoms with Crippen molar-refractivity contribution in [2.75, 3.05) is 6.54 Å². The number of hydrogen-bond donors (Lipinski definition) is 1. The van der Waals surface area contributed by atoms with E-state index in [0.717, 1.165) is 36.3 Å². The highest BCUT2D eigenvalue weighted by Crippen LogP contribution is 2.40. The zero-order chi connectivity index (χ0) is 22.6. The summed E-state index contributed by atoms with van der Waals surface area (Å²) in [4.78, 5) is 15.5. The third-order valence-electron chi connectivity index (χ3n) is 6.30. The molecule has 1 saturated heterocycles. The fraction of sp³-hybridized carbons (Fsp3) is 0.250. The van der Waals surface area contributed by atoms with Crippen LogP contribution in [0.15, 0.2) is 84.9 Å². The van der Waals surface area contributed by atoms with E-state index in [-0.39, 0.29) is 6.04 Å². The number of likely N-dealkylation sites (tertiary alicyclic amines) is 1. The highest BCUT2D eigenvalue weighted by Gasteiger charge is 2.36. The van der Waals surface area contributed by atoms with Gasteiger partial charge in [-0.3, -0.25) is 9.69 Å². The molecular formula is C28H27NO3S. The number of nitrogens with zero attached hydrogens (tertiary/aromatic N) is 1. The van der Waals surface area contributed by atoms with Gasteiger partial charge < -0.3 is 9.84 Å². The van der Waals surface area contributed by atoms with Gasteiger partial charge in [0, 0.05) is 9.58 Å². The summed E-state index contributed by atoms with van der Waals surface area (Å²) >= 11 is 1.75. The standard InChI is InChI=1S/C28H27NO3S/c30-28(31)24-14-6-7-16-29(24)27(26-18-21-11-4-5-15-25(21)33-26)22-12-8-13-23(17-22)32-19-20-9-2-1-3-10-20/h1-5,8-13,15,17-18,24,27H,6-7,14,16,19H2,(H,30,31). The molecule has 0 saturated carbocycles. The van der Waals surface area contributed by atoms with Gasteiger partial charge in [-0.05, 0) is 60.2 Å². The van der Waals surface area contributed by atoms with Crippen LogP contribution < -0.4 is 4.74 Å². The molecule has 2 unspecified atom stereocenters. The van der Waals surface area contributed by atoms with Crippen LogP contribution in [0.3, 0.4) is 0 Å². The molecule has 2 heterocycles. The smallest absolute Gasteiger partial charge is 0.320 e. The summed E-state index contributed by atoms with van der Waals surface area (Å²) in [5.74, 6) is 0.0589. The van der Waals surface area contributed by atoms with Crippen molar-refractivity contribution in [2.24, 2.45) is 0 Å². The average Bonchev–Trinajstić information content (AvgIpc) is 3.28. The largest absolute Gasteiger partial charge is 0.489 e. The predicted molar refractivity (Wildman–Crippen MR) is 133 cm³/mol. The van der Waals surface area contributed by atoms with Gasteiger partial charge in [-0.2, -0.15) is 0 Å². The number of fused-ring (bicyclic) bond motifs is 1. The van der Waals surface area contributed by atoms with E-state index in [1.54, 1.807) is 11.3 Å². The number of carboxylic acids is 1. The molecule has 0 amide bonds. The zero-order valence-electron chi connectivity index (χ0n) is 18.4. The SMILES string of the molecule is O=C(O)C1CCCCN1C(c1cccc(OCc2ccccc2)c1)c1cc2ccccc2s1. The maximum Gasteiger partial charge on any atom is 0.320 e. The molecule has 0 radical (unpaired) electrons. The van der Waals surface area contributed by atoms with Gasteiger partial charge in [0.25, 0.3) is 0 Å². The lowest BCUT2D eigenvalue weighted by Gasteiger charge is -2.39. The molecule has 5 heteroatoms. The summed E-state index contributed by atoms with van der Waals surface area (Å²) in [7, 11) is 0. The van der Waals surface area contributed by atoms with Crippen LogP contribution in [0.2, 0.25) is 0 Å². The normalized spacial score (nSPS) is 17.6. The van der Waals surface area contributed by atoms with Gasteiger partial charge >= 0.3 is 5.97 Å². The van der Waals surface area contributed by atoms with Gasteiger partial charge in [-0.15, -0.1) is 11.3 Å². The lowest BCUT2D eigenvalue weighted by Crippen LogP contribution is -2.46. The summed E-state index contributed by atoms with van der Waals surface area (Å²) in [6.07, 6.45) is 2.64. The molecule has 0 bridgehead atoms. The number of carboxylic acid groups (broad SMARTS) is 1. The van der Waals surface area contributed by atoms with E-state index in [1.165, 1.54) is 15.0 Å². The number of piperidine rings is 1.